The fraction of sp³-hybridized carbons (Fsp3) is 0.211. The molecule has 1 amide bonds. The average Bonchev–Trinajstić information content (AvgIpc) is 2.60. The van der Waals surface area contributed by atoms with Crippen molar-refractivity contribution >= 4 is 16.8 Å². The van der Waals surface area contributed by atoms with Crippen LogP contribution in [0.4, 0.5) is 4.39 Å². The lowest BCUT2D eigenvalue weighted by Crippen LogP contribution is -2.33. The Bertz CT molecular complexity index is 982. The van der Waals surface area contributed by atoms with Crippen LogP contribution >= 0.6 is 0 Å². The normalized spacial score (nSPS) is 10.8. The highest BCUT2D eigenvalue weighted by atomic mass is 19.1. The minimum Gasteiger partial charge on any atom is -0.354 e. The number of fused-ring (bicyclic) bond motifs is 1. The van der Waals surface area contributed by atoms with E-state index in [9.17, 15) is 14.0 Å². The smallest absolute Gasteiger partial charge is 0.261 e. The van der Waals surface area contributed by atoms with Gasteiger partial charge in [-0.15, -0.1) is 0 Å². The fourth-order valence-corrected chi connectivity index (χ4v) is 2.70. The molecule has 0 bridgehead atoms. The Morgan fingerprint density at radius 2 is 2.00 bits per heavy atom. The molecule has 25 heavy (non-hydrogen) atoms. The Morgan fingerprint density at radius 3 is 2.80 bits per heavy atom. The molecule has 1 aromatic heterocycles. The summed E-state index contributed by atoms with van der Waals surface area (Å²) < 4.78 is 14.8. The molecule has 1 heterocycles. The number of nitrogens with zero attached hydrogens (tertiary/aromatic N) is 2. The number of halogens is 1. The summed E-state index contributed by atoms with van der Waals surface area (Å²) in [7, 11) is 0. The standard InChI is InChI=1S/C19H18FN3O2/c1-13-5-4-7-15-18(13)22-12-23(19(15)25)11-17(24)21-10-9-14-6-2-3-8-16(14)20/h2-8,12H,9-11H2,1H3,(H,21,24). The Hall–Kier alpha value is -3.02. The summed E-state index contributed by atoms with van der Waals surface area (Å²) >= 11 is 0. The summed E-state index contributed by atoms with van der Waals surface area (Å²) in [6, 6.07) is 11.8. The lowest BCUT2D eigenvalue weighted by Gasteiger charge is -2.09. The van der Waals surface area contributed by atoms with Crippen molar-refractivity contribution in [1.82, 2.24) is 14.9 Å². The molecule has 0 unspecified atom stereocenters. The van der Waals surface area contributed by atoms with Gasteiger partial charge < -0.3 is 5.32 Å². The van der Waals surface area contributed by atoms with Crippen molar-refractivity contribution in [2.45, 2.75) is 19.9 Å². The van der Waals surface area contributed by atoms with Gasteiger partial charge in [0.05, 0.1) is 17.2 Å². The van der Waals surface area contributed by atoms with Gasteiger partial charge in [-0.25, -0.2) is 9.37 Å². The van der Waals surface area contributed by atoms with Gasteiger partial charge in [-0.1, -0.05) is 30.3 Å². The summed E-state index contributed by atoms with van der Waals surface area (Å²) in [6.45, 7) is 2.07. The maximum Gasteiger partial charge on any atom is 0.261 e. The third kappa shape index (κ3) is 3.74. The first-order valence-corrected chi connectivity index (χ1v) is 8.01. The van der Waals surface area contributed by atoms with Crippen molar-refractivity contribution in [3.63, 3.8) is 0 Å². The monoisotopic (exact) mass is 339 g/mol. The van der Waals surface area contributed by atoms with E-state index in [1.807, 2.05) is 13.0 Å². The van der Waals surface area contributed by atoms with Crippen molar-refractivity contribution in [2.24, 2.45) is 0 Å². The van der Waals surface area contributed by atoms with Gasteiger partial charge in [-0.05, 0) is 36.6 Å². The third-order valence-corrected chi connectivity index (χ3v) is 4.04. The number of para-hydroxylation sites is 1. The van der Waals surface area contributed by atoms with Crippen LogP contribution in [0.2, 0.25) is 0 Å². The van der Waals surface area contributed by atoms with E-state index in [1.54, 1.807) is 30.3 Å². The van der Waals surface area contributed by atoms with Gasteiger partial charge in [0.1, 0.15) is 12.4 Å². The van der Waals surface area contributed by atoms with E-state index in [-0.39, 0.29) is 23.8 Å². The number of rotatable bonds is 5. The second-order valence-electron chi connectivity index (χ2n) is 5.84. The maximum atomic E-state index is 13.5. The van der Waals surface area contributed by atoms with Crippen LogP contribution < -0.4 is 10.9 Å². The highest BCUT2D eigenvalue weighted by Gasteiger charge is 2.09. The van der Waals surface area contributed by atoms with Crippen LogP contribution in [-0.2, 0) is 17.8 Å². The van der Waals surface area contributed by atoms with Gasteiger partial charge in [0.25, 0.3) is 5.56 Å². The summed E-state index contributed by atoms with van der Waals surface area (Å²) in [5.74, 6) is -0.602. The number of nitrogens with one attached hydrogen (secondary N) is 1. The van der Waals surface area contributed by atoms with Gasteiger partial charge >= 0.3 is 0 Å². The fourth-order valence-electron chi connectivity index (χ4n) is 2.70. The molecule has 3 aromatic rings. The molecule has 128 valence electrons. The predicted octanol–water partition coefficient (Wildman–Crippen LogP) is 2.20. The molecular formula is C19H18FN3O2. The molecular weight excluding hydrogens is 321 g/mol. The van der Waals surface area contributed by atoms with Gasteiger partial charge in [0, 0.05) is 6.54 Å². The van der Waals surface area contributed by atoms with Crippen LogP contribution in [-0.4, -0.2) is 22.0 Å². The summed E-state index contributed by atoms with van der Waals surface area (Å²) in [6.07, 6.45) is 1.77. The number of carbonyl (C=O) groups is 1. The molecule has 0 saturated carbocycles. The SMILES string of the molecule is Cc1cccc2c(=O)n(CC(=O)NCCc3ccccc3F)cnc12. The Labute approximate surface area is 144 Å². The van der Waals surface area contributed by atoms with Crippen molar-refractivity contribution in [3.05, 3.63) is 76.1 Å². The van der Waals surface area contributed by atoms with Crippen LogP contribution in [0.5, 0.6) is 0 Å². The summed E-state index contributed by atoms with van der Waals surface area (Å²) in [4.78, 5) is 28.8. The number of hydrogen-bond acceptors (Lipinski definition) is 3. The largest absolute Gasteiger partial charge is 0.354 e. The lowest BCUT2D eigenvalue weighted by atomic mass is 10.1. The molecule has 0 saturated heterocycles. The molecule has 0 atom stereocenters. The van der Waals surface area contributed by atoms with Gasteiger partial charge in [-0.2, -0.15) is 0 Å². The zero-order valence-corrected chi connectivity index (χ0v) is 13.8. The number of amides is 1. The van der Waals surface area contributed by atoms with Crippen LogP contribution in [0.3, 0.4) is 0 Å². The predicted molar refractivity (Wildman–Crippen MR) is 93.9 cm³/mol. The molecule has 2 aromatic carbocycles. The molecule has 3 rings (SSSR count). The zero-order valence-electron chi connectivity index (χ0n) is 13.8. The van der Waals surface area contributed by atoms with E-state index in [0.29, 0.717) is 29.4 Å². The van der Waals surface area contributed by atoms with Gasteiger partial charge in [0.15, 0.2) is 0 Å². The van der Waals surface area contributed by atoms with Crippen LogP contribution in [0.25, 0.3) is 10.9 Å². The Balaban J connectivity index is 1.65. The molecule has 0 aliphatic rings. The number of hydrogen-bond donors (Lipinski definition) is 1. The summed E-state index contributed by atoms with van der Waals surface area (Å²) in [5.41, 5.74) is 1.85. The number of aryl methyl sites for hydroxylation is 1. The quantitative estimate of drug-likeness (QED) is 0.775. The van der Waals surface area contributed by atoms with Crippen LogP contribution in [0.1, 0.15) is 11.1 Å². The number of benzene rings is 2. The van der Waals surface area contributed by atoms with Gasteiger partial charge in [-0.3, -0.25) is 14.2 Å². The first kappa shape index (κ1) is 16.8. The summed E-state index contributed by atoms with van der Waals surface area (Å²) in [5, 5.41) is 3.19. The molecule has 1 N–H and O–H groups in total. The van der Waals surface area contributed by atoms with Crippen LogP contribution in [0.15, 0.2) is 53.6 Å². The first-order chi connectivity index (χ1) is 12.1. The third-order valence-electron chi connectivity index (χ3n) is 4.04. The van der Waals surface area contributed by atoms with Crippen LogP contribution in [0, 0.1) is 12.7 Å². The topological polar surface area (TPSA) is 64.0 Å². The Morgan fingerprint density at radius 1 is 1.20 bits per heavy atom. The Kier molecular flexibility index (Phi) is 4.88. The van der Waals surface area contributed by atoms with Crippen molar-refractivity contribution in [3.8, 4) is 0 Å². The van der Waals surface area contributed by atoms with E-state index >= 15 is 0 Å². The highest BCUT2D eigenvalue weighted by molar-refractivity contribution is 5.81. The highest BCUT2D eigenvalue weighted by Crippen LogP contribution is 2.11. The second kappa shape index (κ2) is 7.25. The first-order valence-electron chi connectivity index (χ1n) is 8.01. The van der Waals surface area contributed by atoms with E-state index in [1.165, 1.54) is 17.0 Å². The molecule has 5 nitrogen and oxygen atoms in total. The second-order valence-corrected chi connectivity index (χ2v) is 5.84. The zero-order chi connectivity index (χ0) is 17.8. The molecule has 0 aliphatic heterocycles. The van der Waals surface area contributed by atoms with E-state index in [4.69, 9.17) is 0 Å². The molecule has 6 heteroatoms. The average molecular weight is 339 g/mol. The molecule has 0 aliphatic carbocycles. The maximum absolute atomic E-state index is 13.5. The van der Waals surface area contributed by atoms with Gasteiger partial charge in [0.2, 0.25) is 5.91 Å². The van der Waals surface area contributed by atoms with Crippen molar-refractivity contribution < 1.29 is 9.18 Å². The van der Waals surface area contributed by atoms with E-state index in [2.05, 4.69) is 10.3 Å². The number of carbonyl (C=O) groups excluding carboxylic acids is 1. The lowest BCUT2D eigenvalue weighted by molar-refractivity contribution is -0.121. The van der Waals surface area contributed by atoms with E-state index in [0.717, 1.165) is 5.56 Å². The van der Waals surface area contributed by atoms with Crippen molar-refractivity contribution in [2.75, 3.05) is 6.54 Å². The van der Waals surface area contributed by atoms with Crippen molar-refractivity contribution in [1.29, 1.82) is 0 Å². The van der Waals surface area contributed by atoms with E-state index < -0.39 is 0 Å². The minimum absolute atomic E-state index is 0.118. The molecule has 0 spiro atoms. The molecule has 0 radical (unpaired) electrons. The minimum atomic E-state index is -0.313. The molecule has 0 fully saturated rings. The number of aromatic nitrogens is 2.